The molecule has 3 heterocycles. The average molecular weight is 309 g/mol. The summed E-state index contributed by atoms with van der Waals surface area (Å²) in [6.07, 6.45) is 5.71. The third-order valence-electron chi connectivity index (χ3n) is 5.37. The van der Waals surface area contributed by atoms with Crippen LogP contribution in [0.4, 0.5) is 0 Å². The average Bonchev–Trinajstić information content (AvgIpc) is 2.85. The Kier molecular flexibility index (Phi) is 5.71. The molecule has 5 nitrogen and oxygen atoms in total. The second kappa shape index (κ2) is 7.75. The van der Waals surface area contributed by atoms with E-state index in [-0.39, 0.29) is 5.91 Å². The Bertz CT molecular complexity index is 359. The van der Waals surface area contributed by atoms with Crippen molar-refractivity contribution < 1.29 is 9.53 Å². The molecule has 0 aromatic rings. The summed E-state index contributed by atoms with van der Waals surface area (Å²) in [5.41, 5.74) is 0. The smallest absolute Gasteiger partial charge is 0.220 e. The van der Waals surface area contributed by atoms with Gasteiger partial charge in [-0.3, -0.25) is 9.69 Å². The predicted octanol–water partition coefficient (Wildman–Crippen LogP) is 0.992. The van der Waals surface area contributed by atoms with Gasteiger partial charge < -0.3 is 15.4 Å². The highest BCUT2D eigenvalue weighted by Crippen LogP contribution is 2.32. The third kappa shape index (κ3) is 4.67. The molecule has 22 heavy (non-hydrogen) atoms. The van der Waals surface area contributed by atoms with E-state index in [9.17, 15) is 4.79 Å². The van der Waals surface area contributed by atoms with Crippen LogP contribution in [0, 0.1) is 11.8 Å². The molecule has 3 rings (SSSR count). The largest absolute Gasteiger partial charge is 0.379 e. The second-order valence-corrected chi connectivity index (χ2v) is 7.50. The van der Waals surface area contributed by atoms with Crippen LogP contribution in [0.25, 0.3) is 0 Å². The summed E-state index contributed by atoms with van der Waals surface area (Å²) >= 11 is 0. The molecule has 2 N–H and O–H groups in total. The number of fused-ring (bicyclic) bond motifs is 2. The van der Waals surface area contributed by atoms with Gasteiger partial charge in [0.15, 0.2) is 0 Å². The molecule has 0 radical (unpaired) electrons. The third-order valence-corrected chi connectivity index (χ3v) is 5.37. The lowest BCUT2D eigenvalue weighted by atomic mass is 9.89. The van der Waals surface area contributed by atoms with Crippen molar-refractivity contribution in [3.8, 4) is 0 Å². The van der Waals surface area contributed by atoms with E-state index in [2.05, 4.69) is 22.5 Å². The van der Waals surface area contributed by atoms with Gasteiger partial charge in [0, 0.05) is 44.7 Å². The van der Waals surface area contributed by atoms with Gasteiger partial charge in [0.1, 0.15) is 0 Å². The zero-order valence-corrected chi connectivity index (χ0v) is 13.9. The van der Waals surface area contributed by atoms with Crippen LogP contribution in [0.15, 0.2) is 0 Å². The minimum atomic E-state index is 0.250. The van der Waals surface area contributed by atoms with Crippen LogP contribution in [0.5, 0.6) is 0 Å². The fourth-order valence-electron chi connectivity index (χ4n) is 4.25. The van der Waals surface area contributed by atoms with E-state index in [1.807, 2.05) is 0 Å². The molecule has 0 spiro atoms. The number of morpholine rings is 1. The monoisotopic (exact) mass is 309 g/mol. The summed E-state index contributed by atoms with van der Waals surface area (Å²) in [4.78, 5) is 14.6. The van der Waals surface area contributed by atoms with Crippen LogP contribution in [0.2, 0.25) is 0 Å². The number of nitrogens with zero attached hydrogens (tertiary/aromatic N) is 1. The molecule has 0 aliphatic carbocycles. The van der Waals surface area contributed by atoms with E-state index >= 15 is 0 Å². The van der Waals surface area contributed by atoms with Crippen LogP contribution in [-0.4, -0.2) is 62.3 Å². The first-order chi connectivity index (χ1) is 10.7. The van der Waals surface area contributed by atoms with Gasteiger partial charge >= 0.3 is 0 Å². The molecule has 1 amide bonds. The second-order valence-electron chi connectivity index (χ2n) is 7.50. The Morgan fingerprint density at radius 3 is 2.64 bits per heavy atom. The standard InChI is InChI=1S/C17H31N3O2/c1-13(12-20-4-6-22-7-5-20)11-18-17(21)10-14-8-15-2-3-16(9-14)19-15/h13-16,19H,2-12H2,1H3,(H,18,21). The quantitative estimate of drug-likeness (QED) is 0.768. The first-order valence-electron chi connectivity index (χ1n) is 9.02. The first kappa shape index (κ1) is 16.2. The van der Waals surface area contributed by atoms with E-state index in [0.29, 0.717) is 23.9 Å². The van der Waals surface area contributed by atoms with Gasteiger partial charge in [-0.15, -0.1) is 0 Å². The molecule has 3 fully saturated rings. The number of rotatable bonds is 6. The number of nitrogens with one attached hydrogen (secondary N) is 2. The molecular weight excluding hydrogens is 278 g/mol. The predicted molar refractivity (Wildman–Crippen MR) is 86.7 cm³/mol. The van der Waals surface area contributed by atoms with E-state index < -0.39 is 0 Å². The highest BCUT2D eigenvalue weighted by molar-refractivity contribution is 5.76. The van der Waals surface area contributed by atoms with Crippen molar-refractivity contribution in [1.82, 2.24) is 15.5 Å². The molecule has 3 aliphatic rings. The number of ether oxygens (including phenoxy) is 1. The molecule has 3 unspecified atom stereocenters. The molecule has 3 aliphatic heterocycles. The van der Waals surface area contributed by atoms with E-state index in [1.54, 1.807) is 0 Å². The fraction of sp³-hybridized carbons (Fsp3) is 0.941. The van der Waals surface area contributed by atoms with Gasteiger partial charge in [-0.05, 0) is 37.5 Å². The van der Waals surface area contributed by atoms with Crippen molar-refractivity contribution in [2.24, 2.45) is 11.8 Å². The summed E-state index contributed by atoms with van der Waals surface area (Å²) in [6.45, 7) is 7.82. The highest BCUT2D eigenvalue weighted by Gasteiger charge is 2.34. The lowest BCUT2D eigenvalue weighted by Gasteiger charge is -2.30. The van der Waals surface area contributed by atoms with Crippen LogP contribution in [0.1, 0.15) is 39.0 Å². The minimum absolute atomic E-state index is 0.250. The summed E-state index contributed by atoms with van der Waals surface area (Å²) in [7, 11) is 0. The van der Waals surface area contributed by atoms with Crippen molar-refractivity contribution >= 4 is 5.91 Å². The van der Waals surface area contributed by atoms with Crippen molar-refractivity contribution in [2.45, 2.75) is 51.1 Å². The van der Waals surface area contributed by atoms with E-state index in [0.717, 1.165) is 45.8 Å². The number of hydrogen-bond donors (Lipinski definition) is 2. The van der Waals surface area contributed by atoms with Crippen LogP contribution < -0.4 is 10.6 Å². The maximum absolute atomic E-state index is 12.2. The SMILES string of the molecule is CC(CNC(=O)CC1CC2CCC(C1)N2)CN1CCOCC1. The number of carbonyl (C=O) groups is 1. The first-order valence-corrected chi connectivity index (χ1v) is 9.02. The number of carbonyl (C=O) groups excluding carboxylic acids is 1. The maximum Gasteiger partial charge on any atom is 0.220 e. The van der Waals surface area contributed by atoms with Gasteiger partial charge in [-0.1, -0.05) is 6.92 Å². The zero-order valence-electron chi connectivity index (χ0n) is 13.9. The lowest BCUT2D eigenvalue weighted by Crippen LogP contribution is -2.42. The normalized spacial score (nSPS) is 33.6. The molecule has 0 aromatic carbocycles. The molecule has 0 saturated carbocycles. The van der Waals surface area contributed by atoms with Crippen molar-refractivity contribution in [3.63, 3.8) is 0 Å². The van der Waals surface area contributed by atoms with E-state index in [4.69, 9.17) is 4.74 Å². The summed E-state index contributed by atoms with van der Waals surface area (Å²) in [5.74, 6) is 1.35. The summed E-state index contributed by atoms with van der Waals surface area (Å²) in [5, 5.41) is 6.79. The summed E-state index contributed by atoms with van der Waals surface area (Å²) < 4.78 is 5.37. The molecule has 3 atom stereocenters. The molecule has 3 saturated heterocycles. The fourth-order valence-corrected chi connectivity index (χ4v) is 4.25. The molecule has 2 bridgehead atoms. The summed E-state index contributed by atoms with van der Waals surface area (Å²) in [6, 6.07) is 1.36. The number of amides is 1. The molecule has 0 aromatic heterocycles. The highest BCUT2D eigenvalue weighted by atomic mass is 16.5. The van der Waals surface area contributed by atoms with Gasteiger partial charge in [0.2, 0.25) is 5.91 Å². The lowest BCUT2D eigenvalue weighted by molar-refractivity contribution is -0.122. The Morgan fingerprint density at radius 1 is 1.27 bits per heavy atom. The minimum Gasteiger partial charge on any atom is -0.379 e. The Hall–Kier alpha value is -0.650. The van der Waals surface area contributed by atoms with E-state index in [1.165, 1.54) is 25.7 Å². The number of piperidine rings is 1. The van der Waals surface area contributed by atoms with Gasteiger partial charge in [0.05, 0.1) is 13.2 Å². The van der Waals surface area contributed by atoms with Crippen LogP contribution in [0.3, 0.4) is 0 Å². The maximum atomic E-state index is 12.2. The van der Waals surface area contributed by atoms with Gasteiger partial charge in [0.25, 0.3) is 0 Å². The molecule has 5 heteroatoms. The van der Waals surface area contributed by atoms with Gasteiger partial charge in [-0.25, -0.2) is 0 Å². The Morgan fingerprint density at radius 2 is 1.95 bits per heavy atom. The zero-order chi connectivity index (χ0) is 15.4. The van der Waals surface area contributed by atoms with Crippen molar-refractivity contribution in [1.29, 1.82) is 0 Å². The van der Waals surface area contributed by atoms with Crippen LogP contribution in [-0.2, 0) is 9.53 Å². The Labute approximate surface area is 134 Å². The topological polar surface area (TPSA) is 53.6 Å². The molecule has 126 valence electrons. The number of hydrogen-bond acceptors (Lipinski definition) is 4. The van der Waals surface area contributed by atoms with Crippen molar-refractivity contribution in [2.75, 3.05) is 39.4 Å². The van der Waals surface area contributed by atoms with Gasteiger partial charge in [-0.2, -0.15) is 0 Å². The molecular formula is C17H31N3O2. The van der Waals surface area contributed by atoms with Crippen molar-refractivity contribution in [3.05, 3.63) is 0 Å². The van der Waals surface area contributed by atoms with Crippen LogP contribution >= 0.6 is 0 Å². The Balaban J connectivity index is 1.31.